The Morgan fingerprint density at radius 3 is 1.63 bits per heavy atom. The first-order valence-corrected chi connectivity index (χ1v) is 13.1. The highest BCUT2D eigenvalue weighted by atomic mass is 35.5. The summed E-state index contributed by atoms with van der Waals surface area (Å²) < 4.78 is 0. The lowest BCUT2D eigenvalue weighted by molar-refractivity contribution is -0.147. The van der Waals surface area contributed by atoms with E-state index in [9.17, 15) is 19.2 Å². The Morgan fingerprint density at radius 1 is 0.763 bits per heavy atom. The van der Waals surface area contributed by atoms with Crippen molar-refractivity contribution in [2.75, 3.05) is 0 Å². The Balaban J connectivity index is 1.34. The molecular formula is C28H20Cl3N3O4. The highest BCUT2D eigenvalue weighted by Crippen LogP contribution is 2.69. The molecule has 7 rings (SSSR count). The molecule has 2 N–H and O–H groups in total. The van der Waals surface area contributed by atoms with E-state index in [0.29, 0.717) is 22.3 Å². The van der Waals surface area contributed by atoms with Crippen LogP contribution in [0.4, 0.5) is 0 Å². The first-order chi connectivity index (χ1) is 18.1. The molecule has 0 spiro atoms. The molecule has 192 valence electrons. The quantitative estimate of drug-likeness (QED) is 0.283. The maximum Gasteiger partial charge on any atom is 0.271 e. The number of nitrogens with one attached hydrogen (secondary N) is 2. The topological polar surface area (TPSA) is 95.6 Å². The minimum atomic E-state index is -1.34. The zero-order valence-electron chi connectivity index (χ0n) is 19.9. The first kappa shape index (κ1) is 24.9. The van der Waals surface area contributed by atoms with Crippen molar-refractivity contribution in [1.82, 2.24) is 15.8 Å². The largest absolute Gasteiger partial charge is 0.274 e. The summed E-state index contributed by atoms with van der Waals surface area (Å²) >= 11 is 20.8. The Kier molecular flexibility index (Phi) is 5.61. The van der Waals surface area contributed by atoms with Crippen molar-refractivity contribution in [2.45, 2.75) is 22.7 Å². The minimum Gasteiger partial charge on any atom is -0.274 e. The zero-order chi connectivity index (χ0) is 27.0. The van der Waals surface area contributed by atoms with Crippen LogP contribution in [0.1, 0.15) is 39.5 Å². The van der Waals surface area contributed by atoms with E-state index in [4.69, 9.17) is 34.8 Å². The van der Waals surface area contributed by atoms with Crippen LogP contribution in [0, 0.1) is 11.8 Å². The van der Waals surface area contributed by atoms with Gasteiger partial charge in [0.1, 0.15) is 15.8 Å². The van der Waals surface area contributed by atoms with E-state index >= 15 is 0 Å². The van der Waals surface area contributed by atoms with Crippen LogP contribution >= 0.6 is 34.8 Å². The summed E-state index contributed by atoms with van der Waals surface area (Å²) in [6.45, 7) is 1.41. The van der Waals surface area contributed by atoms with Crippen molar-refractivity contribution in [1.29, 1.82) is 0 Å². The molecule has 1 heterocycles. The smallest absolute Gasteiger partial charge is 0.271 e. The predicted octanol–water partition coefficient (Wildman–Crippen LogP) is 4.08. The highest BCUT2D eigenvalue weighted by Gasteiger charge is 2.73. The number of carbonyl (C=O) groups is 4. The van der Waals surface area contributed by atoms with Gasteiger partial charge in [-0.25, -0.2) is 0 Å². The second-order valence-electron chi connectivity index (χ2n) is 9.62. The summed E-state index contributed by atoms with van der Waals surface area (Å²) in [5.41, 5.74) is 7.41. The lowest BCUT2D eigenvalue weighted by Crippen LogP contribution is -2.57. The van der Waals surface area contributed by atoms with Gasteiger partial charge in [0.25, 0.3) is 11.8 Å². The number of hydrogen-bond donors (Lipinski definition) is 2. The summed E-state index contributed by atoms with van der Waals surface area (Å²) in [5, 5.41) is 0.204. The molecule has 0 aromatic heterocycles. The molecule has 3 aromatic carbocycles. The van der Waals surface area contributed by atoms with Crippen LogP contribution in [-0.2, 0) is 24.1 Å². The molecular weight excluding hydrogens is 549 g/mol. The Hall–Kier alpha value is -3.39. The summed E-state index contributed by atoms with van der Waals surface area (Å²) in [5.74, 6) is -4.64. The lowest BCUT2D eigenvalue weighted by Gasteiger charge is -2.54. The number of hydrazine groups is 1. The van der Waals surface area contributed by atoms with Gasteiger partial charge in [-0.15, -0.1) is 23.2 Å². The fraction of sp³-hybridized carbons (Fsp3) is 0.214. The molecule has 1 fully saturated rings. The second kappa shape index (κ2) is 8.56. The molecule has 4 amide bonds. The van der Waals surface area contributed by atoms with Crippen LogP contribution in [0.25, 0.3) is 0 Å². The average molecular weight is 569 g/mol. The number of likely N-dealkylation sites (tertiary alicyclic amines) is 1. The van der Waals surface area contributed by atoms with Gasteiger partial charge in [-0.3, -0.25) is 34.9 Å². The second-order valence-corrected chi connectivity index (χ2v) is 11.2. The summed E-state index contributed by atoms with van der Waals surface area (Å²) in [7, 11) is 0. The predicted molar refractivity (Wildman–Crippen MR) is 142 cm³/mol. The third-order valence-corrected chi connectivity index (χ3v) is 9.42. The molecule has 7 nitrogen and oxygen atoms in total. The third kappa shape index (κ3) is 3.09. The first-order valence-electron chi connectivity index (χ1n) is 11.9. The van der Waals surface area contributed by atoms with Crippen molar-refractivity contribution in [2.24, 2.45) is 11.8 Å². The summed E-state index contributed by atoms with van der Waals surface area (Å²) in [6.07, 6.45) is 0. The molecule has 10 heteroatoms. The molecule has 0 unspecified atom stereocenters. The van der Waals surface area contributed by atoms with E-state index in [2.05, 4.69) is 10.9 Å². The number of hydrogen-bond acceptors (Lipinski definition) is 4. The van der Waals surface area contributed by atoms with Gasteiger partial charge in [0.05, 0.1) is 22.4 Å². The number of benzene rings is 3. The number of halogens is 3. The number of carbonyl (C=O) groups excluding carboxylic acids is 4. The number of rotatable bonds is 3. The van der Waals surface area contributed by atoms with E-state index in [-0.39, 0.29) is 10.6 Å². The molecule has 4 aliphatic rings. The minimum absolute atomic E-state index is 0.154. The van der Waals surface area contributed by atoms with Gasteiger partial charge in [-0.05, 0) is 41.3 Å². The Bertz CT molecular complexity index is 1440. The van der Waals surface area contributed by atoms with Crippen LogP contribution in [0.2, 0.25) is 5.02 Å². The molecule has 38 heavy (non-hydrogen) atoms. The molecule has 3 aromatic rings. The standard InChI is InChI=1S/C28H20Cl3N3O4/c1-14(23(35)32-33-24(36)15-8-2-7-13-20(15)29)34-25(37)21-22(26(34)38)28(31)17-10-4-3-9-16(17)27(21,30)18-11-5-6-12-19(18)28/h2-14,21-22H,1H3,(H,32,35)(H,33,36)/t14-,21-,22+,27?,28?/m0/s1. The SMILES string of the molecule is C[C@@H](C(=O)NNC(=O)c1ccccc1Cl)N1C(=O)[C@@H]2[C@H](C1=O)C1(Cl)c3ccccc3C2(Cl)c2ccccc21. The monoisotopic (exact) mass is 567 g/mol. The molecule has 0 radical (unpaired) electrons. The van der Waals surface area contributed by atoms with E-state index < -0.39 is 51.3 Å². The van der Waals surface area contributed by atoms with Gasteiger partial charge in [0, 0.05) is 0 Å². The molecule has 2 bridgehead atoms. The van der Waals surface area contributed by atoms with Crippen molar-refractivity contribution in [3.8, 4) is 0 Å². The van der Waals surface area contributed by atoms with E-state index in [1.165, 1.54) is 13.0 Å². The lowest BCUT2D eigenvalue weighted by atomic mass is 9.54. The summed E-state index contributed by atoms with van der Waals surface area (Å²) in [6, 6.07) is 19.7. The van der Waals surface area contributed by atoms with Crippen molar-refractivity contribution in [3.63, 3.8) is 0 Å². The van der Waals surface area contributed by atoms with Gasteiger partial charge >= 0.3 is 0 Å². The molecule has 3 atom stereocenters. The average Bonchev–Trinajstić information content (AvgIpc) is 3.20. The number of alkyl halides is 2. The van der Waals surface area contributed by atoms with Crippen molar-refractivity contribution >= 4 is 58.4 Å². The van der Waals surface area contributed by atoms with Gasteiger partial charge in [-0.2, -0.15) is 0 Å². The molecule has 1 aliphatic heterocycles. The molecule has 1 saturated heterocycles. The molecule has 0 saturated carbocycles. The van der Waals surface area contributed by atoms with Crippen LogP contribution in [0.15, 0.2) is 72.8 Å². The van der Waals surface area contributed by atoms with E-state index in [1.807, 2.05) is 48.5 Å². The number of nitrogens with zero attached hydrogens (tertiary/aromatic N) is 1. The fourth-order valence-electron chi connectivity index (χ4n) is 6.12. The van der Waals surface area contributed by atoms with Gasteiger partial charge in [-0.1, -0.05) is 72.3 Å². The van der Waals surface area contributed by atoms with Crippen molar-refractivity contribution < 1.29 is 19.2 Å². The summed E-state index contributed by atoms with van der Waals surface area (Å²) in [4.78, 5) is 51.6. The van der Waals surface area contributed by atoms with Crippen LogP contribution in [0.3, 0.4) is 0 Å². The zero-order valence-corrected chi connectivity index (χ0v) is 22.1. The van der Waals surface area contributed by atoms with Gasteiger partial charge in [0.2, 0.25) is 11.8 Å². The number of amides is 4. The van der Waals surface area contributed by atoms with Crippen LogP contribution in [-0.4, -0.2) is 34.6 Å². The van der Waals surface area contributed by atoms with Gasteiger partial charge in [0.15, 0.2) is 0 Å². The number of imide groups is 1. The normalized spacial score (nSPS) is 27.3. The third-order valence-electron chi connectivity index (χ3n) is 7.80. The van der Waals surface area contributed by atoms with Gasteiger partial charge < -0.3 is 0 Å². The molecule has 3 aliphatic carbocycles. The van der Waals surface area contributed by atoms with E-state index in [1.54, 1.807) is 18.2 Å². The maximum absolute atomic E-state index is 13.9. The van der Waals surface area contributed by atoms with Crippen LogP contribution < -0.4 is 10.9 Å². The Labute approximate surface area is 233 Å². The maximum atomic E-state index is 13.9. The van der Waals surface area contributed by atoms with E-state index in [0.717, 1.165) is 4.90 Å². The van der Waals surface area contributed by atoms with Crippen LogP contribution in [0.5, 0.6) is 0 Å². The fourth-order valence-corrected chi connectivity index (χ4v) is 7.44. The van der Waals surface area contributed by atoms with Crippen molar-refractivity contribution in [3.05, 3.63) is 106 Å². The Morgan fingerprint density at radius 2 is 1.18 bits per heavy atom. The highest BCUT2D eigenvalue weighted by molar-refractivity contribution is 6.36.